The first-order valence-corrected chi connectivity index (χ1v) is 5.04. The van der Waals surface area contributed by atoms with E-state index >= 15 is 0 Å². The highest BCUT2D eigenvalue weighted by atomic mass is 79.9. The smallest absolute Gasteiger partial charge is 0.0998 e. The highest BCUT2D eigenvalue weighted by Crippen LogP contribution is 2.23. The van der Waals surface area contributed by atoms with Crippen molar-refractivity contribution in [1.29, 1.82) is 5.26 Å². The van der Waals surface area contributed by atoms with Gasteiger partial charge in [0.2, 0.25) is 0 Å². The van der Waals surface area contributed by atoms with Gasteiger partial charge < -0.3 is 4.98 Å². The lowest BCUT2D eigenvalue weighted by Gasteiger charge is -1.95. The number of H-pyrrole nitrogens is 1. The van der Waals surface area contributed by atoms with Gasteiger partial charge in [0, 0.05) is 22.4 Å². The Kier molecular flexibility index (Phi) is 2.07. The predicted octanol–water partition coefficient (Wildman–Crippen LogP) is 2.93. The highest BCUT2D eigenvalue weighted by Gasteiger charge is 2.06. The number of aromatic amines is 1. The molecule has 0 amide bonds. The second-order valence-electron chi connectivity index (χ2n) is 2.79. The third-order valence-corrected chi connectivity index (χ3v) is 2.66. The van der Waals surface area contributed by atoms with Crippen LogP contribution in [-0.2, 0) is 5.33 Å². The van der Waals surface area contributed by atoms with Gasteiger partial charge in [0.1, 0.15) is 0 Å². The second-order valence-corrected chi connectivity index (χ2v) is 3.35. The number of hydrogen-bond acceptors (Lipinski definition) is 1. The van der Waals surface area contributed by atoms with Gasteiger partial charge in [-0.05, 0) is 17.7 Å². The molecule has 0 bridgehead atoms. The van der Waals surface area contributed by atoms with Crippen LogP contribution in [0.4, 0.5) is 0 Å². The summed E-state index contributed by atoms with van der Waals surface area (Å²) in [5.41, 5.74) is 2.88. The van der Waals surface area contributed by atoms with E-state index in [1.54, 1.807) is 0 Å². The second kappa shape index (κ2) is 3.23. The molecular formula is C10H7BrN2. The molecule has 1 aromatic heterocycles. The maximum atomic E-state index is 8.89. The third-order valence-electron chi connectivity index (χ3n) is 2.05. The lowest BCUT2D eigenvalue weighted by Crippen LogP contribution is -1.79. The molecule has 2 aromatic rings. The van der Waals surface area contributed by atoms with E-state index in [2.05, 4.69) is 27.0 Å². The van der Waals surface area contributed by atoms with Gasteiger partial charge in [-0.2, -0.15) is 5.26 Å². The molecule has 1 N–H and O–H groups in total. The number of hydrogen-bond donors (Lipinski definition) is 1. The molecule has 3 heteroatoms. The number of nitrogens with one attached hydrogen (secondary N) is 1. The number of rotatable bonds is 1. The molecule has 1 aromatic carbocycles. The van der Waals surface area contributed by atoms with Crippen LogP contribution in [-0.4, -0.2) is 4.98 Å². The summed E-state index contributed by atoms with van der Waals surface area (Å²) in [7, 11) is 0. The van der Waals surface area contributed by atoms with Gasteiger partial charge >= 0.3 is 0 Å². The van der Waals surface area contributed by atoms with Gasteiger partial charge in [0.25, 0.3) is 0 Å². The van der Waals surface area contributed by atoms with Gasteiger partial charge in [0.05, 0.1) is 11.6 Å². The van der Waals surface area contributed by atoms with Crippen molar-refractivity contribution in [2.75, 3.05) is 0 Å². The zero-order valence-electron chi connectivity index (χ0n) is 6.84. The number of nitriles is 1. The predicted molar refractivity (Wildman–Crippen MR) is 55.6 cm³/mol. The average Bonchev–Trinajstić information content (AvgIpc) is 2.60. The molecule has 2 nitrogen and oxygen atoms in total. The number of halogens is 1. The summed E-state index contributed by atoms with van der Waals surface area (Å²) in [5.74, 6) is 0. The molecule has 13 heavy (non-hydrogen) atoms. The highest BCUT2D eigenvalue weighted by molar-refractivity contribution is 9.08. The van der Waals surface area contributed by atoms with Gasteiger partial charge in [0.15, 0.2) is 0 Å². The van der Waals surface area contributed by atoms with Crippen molar-refractivity contribution in [3.05, 3.63) is 35.5 Å². The van der Waals surface area contributed by atoms with Crippen molar-refractivity contribution in [2.45, 2.75) is 5.33 Å². The minimum atomic E-state index is 0.730. The van der Waals surface area contributed by atoms with Crippen LogP contribution in [0.5, 0.6) is 0 Å². The fraction of sp³-hybridized carbons (Fsp3) is 0.100. The van der Waals surface area contributed by atoms with E-state index in [0.717, 1.165) is 27.4 Å². The fourth-order valence-corrected chi connectivity index (χ4v) is 1.90. The Labute approximate surface area is 84.3 Å². The average molecular weight is 235 g/mol. The van der Waals surface area contributed by atoms with Crippen molar-refractivity contribution in [1.82, 2.24) is 4.98 Å². The molecule has 0 saturated carbocycles. The van der Waals surface area contributed by atoms with Crippen LogP contribution in [0.3, 0.4) is 0 Å². The molecule has 0 atom stereocenters. The number of fused-ring (bicyclic) bond motifs is 1. The van der Waals surface area contributed by atoms with Crippen molar-refractivity contribution in [2.24, 2.45) is 0 Å². The van der Waals surface area contributed by atoms with E-state index in [9.17, 15) is 0 Å². The number of alkyl halides is 1. The Morgan fingerprint density at radius 3 is 3.00 bits per heavy atom. The van der Waals surface area contributed by atoms with Crippen LogP contribution in [0, 0.1) is 11.3 Å². The van der Waals surface area contributed by atoms with Gasteiger partial charge in [-0.15, -0.1) is 0 Å². The molecule has 0 spiro atoms. The molecule has 0 aliphatic heterocycles. The summed E-state index contributed by atoms with van der Waals surface area (Å²) in [5, 5.41) is 10.7. The first kappa shape index (κ1) is 8.33. The third kappa shape index (κ3) is 1.24. The first-order valence-electron chi connectivity index (χ1n) is 3.92. The molecule has 0 aliphatic carbocycles. The Morgan fingerprint density at radius 2 is 2.31 bits per heavy atom. The van der Waals surface area contributed by atoms with Crippen molar-refractivity contribution in [3.8, 4) is 6.07 Å². The summed E-state index contributed by atoms with van der Waals surface area (Å²) in [6.07, 6.45) is 1.93. The van der Waals surface area contributed by atoms with Crippen LogP contribution in [0.1, 0.15) is 11.1 Å². The maximum Gasteiger partial charge on any atom is 0.0998 e. The summed E-state index contributed by atoms with van der Waals surface area (Å²) < 4.78 is 0. The van der Waals surface area contributed by atoms with Crippen molar-refractivity contribution in [3.63, 3.8) is 0 Å². The number of benzene rings is 1. The van der Waals surface area contributed by atoms with Crippen LogP contribution in [0.25, 0.3) is 10.9 Å². The number of nitrogens with zero attached hydrogens (tertiary/aromatic N) is 1. The molecule has 0 saturated heterocycles. The van der Waals surface area contributed by atoms with E-state index in [-0.39, 0.29) is 0 Å². The van der Waals surface area contributed by atoms with Gasteiger partial charge in [-0.25, -0.2) is 0 Å². The van der Waals surface area contributed by atoms with E-state index in [4.69, 9.17) is 5.26 Å². The Bertz CT molecular complexity index is 479. The molecule has 64 valence electrons. The minimum absolute atomic E-state index is 0.730. The normalized spacial score (nSPS) is 10.2. The number of aromatic nitrogens is 1. The van der Waals surface area contributed by atoms with Crippen LogP contribution >= 0.6 is 15.9 Å². The fourth-order valence-electron chi connectivity index (χ4n) is 1.45. The first-order chi connectivity index (χ1) is 6.36. The summed E-state index contributed by atoms with van der Waals surface area (Å²) >= 11 is 3.39. The SMILES string of the molecule is N#Cc1cccc2[nH]cc(CBr)c12. The monoisotopic (exact) mass is 234 g/mol. The molecular weight excluding hydrogens is 228 g/mol. The standard InChI is InChI=1S/C10H7BrN2/c11-4-8-6-13-9-3-1-2-7(5-12)10(8)9/h1-3,6,13H,4H2. The van der Waals surface area contributed by atoms with E-state index in [1.165, 1.54) is 0 Å². The molecule has 0 unspecified atom stereocenters. The Morgan fingerprint density at radius 1 is 1.46 bits per heavy atom. The van der Waals surface area contributed by atoms with Gasteiger partial charge in [-0.3, -0.25) is 0 Å². The zero-order chi connectivity index (χ0) is 9.26. The summed E-state index contributed by atoms with van der Waals surface area (Å²) in [6.45, 7) is 0. The molecule has 0 aliphatic rings. The van der Waals surface area contributed by atoms with Gasteiger partial charge in [-0.1, -0.05) is 22.0 Å². The molecule has 0 fully saturated rings. The lowest BCUT2D eigenvalue weighted by molar-refractivity contribution is 1.41. The van der Waals surface area contributed by atoms with Crippen molar-refractivity contribution >= 4 is 26.8 Å². The van der Waals surface area contributed by atoms with E-state index < -0.39 is 0 Å². The zero-order valence-corrected chi connectivity index (χ0v) is 8.43. The lowest BCUT2D eigenvalue weighted by atomic mass is 10.1. The molecule has 1 heterocycles. The molecule has 2 rings (SSSR count). The largest absolute Gasteiger partial charge is 0.361 e. The molecule has 0 radical (unpaired) electrons. The van der Waals surface area contributed by atoms with E-state index in [0.29, 0.717) is 0 Å². The summed E-state index contributed by atoms with van der Waals surface area (Å²) in [6, 6.07) is 7.88. The quantitative estimate of drug-likeness (QED) is 0.758. The Balaban J connectivity index is 2.85. The van der Waals surface area contributed by atoms with Crippen LogP contribution in [0.15, 0.2) is 24.4 Å². The van der Waals surface area contributed by atoms with Crippen LogP contribution in [0.2, 0.25) is 0 Å². The van der Waals surface area contributed by atoms with Crippen LogP contribution < -0.4 is 0 Å². The minimum Gasteiger partial charge on any atom is -0.361 e. The van der Waals surface area contributed by atoms with Crippen molar-refractivity contribution < 1.29 is 0 Å². The topological polar surface area (TPSA) is 39.6 Å². The summed E-state index contributed by atoms with van der Waals surface area (Å²) in [4.78, 5) is 3.13. The maximum absolute atomic E-state index is 8.89. The Hall–Kier alpha value is -1.27. The van der Waals surface area contributed by atoms with E-state index in [1.807, 2.05) is 24.4 Å².